The zero-order valence-electron chi connectivity index (χ0n) is 10.1. The summed E-state index contributed by atoms with van der Waals surface area (Å²) in [6.07, 6.45) is 2.56. The van der Waals surface area contributed by atoms with Crippen molar-refractivity contribution in [2.75, 3.05) is 16.8 Å². The van der Waals surface area contributed by atoms with E-state index < -0.39 is 23.3 Å². The van der Waals surface area contributed by atoms with Gasteiger partial charge in [-0.05, 0) is 18.9 Å². The maximum Gasteiger partial charge on any atom is 0.299 e. The van der Waals surface area contributed by atoms with Crippen molar-refractivity contribution in [2.24, 2.45) is 0 Å². The van der Waals surface area contributed by atoms with Gasteiger partial charge in [0.1, 0.15) is 0 Å². The third-order valence-corrected chi connectivity index (χ3v) is 3.59. The van der Waals surface area contributed by atoms with Crippen molar-refractivity contribution in [1.82, 2.24) is 0 Å². The summed E-state index contributed by atoms with van der Waals surface area (Å²) in [6.45, 7) is 0.343. The number of nitrogens with zero attached hydrogens (tertiary/aromatic N) is 1. The van der Waals surface area contributed by atoms with Crippen molar-refractivity contribution in [1.29, 1.82) is 0 Å². The van der Waals surface area contributed by atoms with Crippen molar-refractivity contribution in [3.63, 3.8) is 0 Å². The highest BCUT2D eigenvalue weighted by Crippen LogP contribution is 2.31. The molecule has 0 aromatic heterocycles. The van der Waals surface area contributed by atoms with Crippen LogP contribution in [0.5, 0.6) is 0 Å². The number of anilines is 1. The van der Waals surface area contributed by atoms with Gasteiger partial charge in [-0.2, -0.15) is 0 Å². The number of halogens is 3. The highest BCUT2D eigenvalue weighted by Gasteiger charge is 2.36. The number of Topliss-reactive ketones (excluding diaryl/α,β-unsaturated/α-hetero) is 1. The van der Waals surface area contributed by atoms with Gasteiger partial charge in [0.15, 0.2) is 11.6 Å². The maximum atomic E-state index is 13.2. The van der Waals surface area contributed by atoms with E-state index in [9.17, 15) is 18.4 Å². The first-order valence-corrected chi connectivity index (χ1v) is 7.09. The lowest BCUT2D eigenvalue weighted by atomic mass is 10.1. The first kappa shape index (κ1) is 14.1. The highest BCUT2D eigenvalue weighted by molar-refractivity contribution is 9.09. The van der Waals surface area contributed by atoms with Crippen LogP contribution in [0, 0.1) is 11.6 Å². The number of hydrogen-bond acceptors (Lipinski definition) is 2. The Kier molecular flexibility index (Phi) is 4.29. The molecule has 0 N–H and O–H groups in total. The summed E-state index contributed by atoms with van der Waals surface area (Å²) in [7, 11) is 0. The number of rotatable bonds is 5. The van der Waals surface area contributed by atoms with Crippen LogP contribution in [0.4, 0.5) is 14.5 Å². The third-order valence-electron chi connectivity index (χ3n) is 3.03. The van der Waals surface area contributed by atoms with Crippen molar-refractivity contribution in [3.05, 3.63) is 29.3 Å². The van der Waals surface area contributed by atoms with Gasteiger partial charge in [0.2, 0.25) is 0 Å². The molecule has 102 valence electrons. The molecule has 0 fully saturated rings. The lowest BCUT2D eigenvalue weighted by Gasteiger charge is -2.16. The molecular weight excluding hydrogens is 320 g/mol. The Morgan fingerprint density at radius 2 is 1.74 bits per heavy atom. The number of alkyl halides is 1. The summed E-state index contributed by atoms with van der Waals surface area (Å²) >= 11 is 3.30. The van der Waals surface area contributed by atoms with Crippen LogP contribution in [0.1, 0.15) is 29.6 Å². The predicted molar refractivity (Wildman–Crippen MR) is 70.7 cm³/mol. The average Bonchev–Trinajstić information content (AvgIpc) is 2.60. The Morgan fingerprint density at radius 3 is 2.42 bits per heavy atom. The van der Waals surface area contributed by atoms with Crippen LogP contribution in [-0.2, 0) is 4.79 Å². The molecule has 1 aliphatic heterocycles. The standard InChI is InChI=1S/C13H12BrF2NO2/c14-4-2-1-3-5-17-11-7-10(16)9(15)6-8(11)12(18)13(17)19/h6-7H,1-5H2. The Bertz CT molecular complexity index is 534. The molecule has 1 amide bonds. The molecule has 1 aromatic carbocycles. The van der Waals surface area contributed by atoms with E-state index in [-0.39, 0.29) is 11.3 Å². The minimum absolute atomic E-state index is 0.0515. The van der Waals surface area contributed by atoms with E-state index in [0.29, 0.717) is 13.0 Å². The number of unbranched alkanes of at least 4 members (excludes halogenated alkanes) is 2. The highest BCUT2D eigenvalue weighted by atomic mass is 79.9. The van der Waals surface area contributed by atoms with E-state index in [0.717, 1.165) is 30.3 Å². The van der Waals surface area contributed by atoms with Crippen LogP contribution in [-0.4, -0.2) is 23.6 Å². The zero-order valence-corrected chi connectivity index (χ0v) is 11.7. The summed E-state index contributed by atoms with van der Waals surface area (Å²) in [5.74, 6) is -3.64. The molecule has 0 aliphatic carbocycles. The lowest BCUT2D eigenvalue weighted by molar-refractivity contribution is -0.114. The number of fused-ring (bicyclic) bond motifs is 1. The molecule has 2 rings (SSSR count). The van der Waals surface area contributed by atoms with Gasteiger partial charge in [-0.15, -0.1) is 0 Å². The fraction of sp³-hybridized carbons (Fsp3) is 0.385. The molecule has 0 bridgehead atoms. The molecule has 1 heterocycles. The molecule has 0 radical (unpaired) electrons. The summed E-state index contributed by atoms with van der Waals surface area (Å²) in [4.78, 5) is 24.7. The minimum Gasteiger partial charge on any atom is -0.305 e. The van der Waals surface area contributed by atoms with Crippen LogP contribution >= 0.6 is 15.9 Å². The minimum atomic E-state index is -1.11. The quantitative estimate of drug-likeness (QED) is 0.472. The molecule has 3 nitrogen and oxygen atoms in total. The van der Waals surface area contributed by atoms with Gasteiger partial charge in [0.25, 0.3) is 11.7 Å². The normalized spacial score (nSPS) is 14.2. The fourth-order valence-electron chi connectivity index (χ4n) is 2.05. The molecule has 0 saturated heterocycles. The number of hydrogen-bond donors (Lipinski definition) is 0. The van der Waals surface area contributed by atoms with Crippen LogP contribution in [0.2, 0.25) is 0 Å². The smallest absolute Gasteiger partial charge is 0.299 e. The van der Waals surface area contributed by atoms with Gasteiger partial charge >= 0.3 is 0 Å². The predicted octanol–water partition coefficient (Wildman–Crippen LogP) is 3.06. The van der Waals surface area contributed by atoms with Crippen molar-refractivity contribution in [2.45, 2.75) is 19.3 Å². The largest absolute Gasteiger partial charge is 0.305 e. The van der Waals surface area contributed by atoms with Crippen LogP contribution in [0.3, 0.4) is 0 Å². The van der Waals surface area contributed by atoms with E-state index in [1.165, 1.54) is 4.90 Å². The van der Waals surface area contributed by atoms with Gasteiger partial charge in [-0.3, -0.25) is 9.59 Å². The van der Waals surface area contributed by atoms with Crippen molar-refractivity contribution < 1.29 is 18.4 Å². The molecule has 0 spiro atoms. The van der Waals surface area contributed by atoms with E-state index in [2.05, 4.69) is 15.9 Å². The summed E-state index contributed by atoms with van der Waals surface area (Å²) in [5.41, 5.74) is 0.122. The van der Waals surface area contributed by atoms with E-state index in [4.69, 9.17) is 0 Å². The van der Waals surface area contributed by atoms with E-state index in [1.54, 1.807) is 0 Å². The lowest BCUT2D eigenvalue weighted by Crippen LogP contribution is -2.30. The van der Waals surface area contributed by atoms with Gasteiger partial charge in [-0.25, -0.2) is 8.78 Å². The van der Waals surface area contributed by atoms with E-state index in [1.807, 2.05) is 0 Å². The second-order valence-corrected chi connectivity index (χ2v) is 5.11. The number of carbonyl (C=O) groups excluding carboxylic acids is 2. The Labute approximate surface area is 117 Å². The SMILES string of the molecule is O=C1C(=O)N(CCCCCBr)c2cc(F)c(F)cc21. The molecule has 0 saturated carbocycles. The Hall–Kier alpha value is -1.30. The fourth-order valence-corrected chi connectivity index (χ4v) is 2.45. The van der Waals surface area contributed by atoms with Gasteiger partial charge in [0.05, 0.1) is 11.3 Å². The number of carbonyl (C=O) groups is 2. The van der Waals surface area contributed by atoms with Crippen LogP contribution in [0.15, 0.2) is 12.1 Å². The molecular formula is C13H12BrF2NO2. The second kappa shape index (κ2) is 5.77. The zero-order chi connectivity index (χ0) is 14.0. The molecule has 0 unspecified atom stereocenters. The number of benzene rings is 1. The Morgan fingerprint density at radius 1 is 1.05 bits per heavy atom. The molecule has 19 heavy (non-hydrogen) atoms. The van der Waals surface area contributed by atoms with Gasteiger partial charge < -0.3 is 4.90 Å². The van der Waals surface area contributed by atoms with Crippen molar-refractivity contribution >= 4 is 33.3 Å². The average molecular weight is 332 g/mol. The number of amides is 1. The van der Waals surface area contributed by atoms with Crippen molar-refractivity contribution in [3.8, 4) is 0 Å². The van der Waals surface area contributed by atoms with Crippen LogP contribution in [0.25, 0.3) is 0 Å². The topological polar surface area (TPSA) is 37.4 Å². The summed E-state index contributed by atoms with van der Waals surface area (Å²) in [5, 5.41) is 0.871. The van der Waals surface area contributed by atoms with Gasteiger partial charge in [0, 0.05) is 17.9 Å². The third kappa shape index (κ3) is 2.68. The second-order valence-electron chi connectivity index (χ2n) is 4.32. The monoisotopic (exact) mass is 331 g/mol. The van der Waals surface area contributed by atoms with Gasteiger partial charge in [-0.1, -0.05) is 22.4 Å². The maximum absolute atomic E-state index is 13.2. The molecule has 0 atom stereocenters. The molecule has 6 heteroatoms. The molecule has 1 aromatic rings. The Balaban J connectivity index is 2.21. The number of ketones is 1. The first-order chi connectivity index (χ1) is 9.06. The summed E-state index contributed by atoms with van der Waals surface area (Å²) in [6, 6.07) is 1.71. The first-order valence-electron chi connectivity index (χ1n) is 5.97. The van der Waals surface area contributed by atoms with Crippen LogP contribution < -0.4 is 4.90 Å². The molecule has 1 aliphatic rings. The van der Waals surface area contributed by atoms with E-state index >= 15 is 0 Å². The summed E-state index contributed by atoms with van der Waals surface area (Å²) < 4.78 is 26.3.